The largest absolute Gasteiger partial charge is 0.496 e. The molecule has 0 saturated carbocycles. The number of hydrogen-bond donors (Lipinski definition) is 0. The molecule has 0 saturated heterocycles. The van der Waals surface area contributed by atoms with Gasteiger partial charge in [0.05, 0.1) is 21.3 Å². The Hall–Kier alpha value is -2.50. The zero-order chi connectivity index (χ0) is 17.0. The molecule has 0 bridgehead atoms. The molecule has 0 N–H and O–H groups in total. The van der Waals surface area contributed by atoms with Crippen LogP contribution in [0.2, 0.25) is 0 Å². The molecule has 0 spiro atoms. The number of aliphatic imine (C=N–C) groups is 1. The van der Waals surface area contributed by atoms with Crippen LogP contribution in [0, 0.1) is 5.92 Å². The van der Waals surface area contributed by atoms with Crippen LogP contribution in [0.3, 0.4) is 0 Å². The molecule has 6 heteroatoms. The summed E-state index contributed by atoms with van der Waals surface area (Å²) < 4.78 is 21.0. The first-order chi connectivity index (χ1) is 11.0. The van der Waals surface area contributed by atoms with Gasteiger partial charge in [0.25, 0.3) is 0 Å². The number of carbonyl (C=O) groups excluding carboxylic acids is 1. The summed E-state index contributed by atoms with van der Waals surface area (Å²) in [7, 11) is 4.64. The Morgan fingerprint density at radius 1 is 1.09 bits per heavy atom. The fraction of sp³-hybridized carbons (Fsp3) is 0.412. The van der Waals surface area contributed by atoms with Crippen molar-refractivity contribution in [1.82, 2.24) is 0 Å². The molecule has 0 aliphatic carbocycles. The lowest BCUT2D eigenvalue weighted by Gasteiger charge is -2.12. The topological polar surface area (TPSA) is 66.3 Å². The van der Waals surface area contributed by atoms with Crippen molar-refractivity contribution >= 4 is 17.9 Å². The van der Waals surface area contributed by atoms with Crippen molar-refractivity contribution in [3.8, 4) is 17.2 Å². The molecule has 0 radical (unpaired) electrons. The van der Waals surface area contributed by atoms with E-state index in [2.05, 4.69) is 4.99 Å². The van der Waals surface area contributed by atoms with E-state index in [-0.39, 0.29) is 5.70 Å². The Labute approximate surface area is 135 Å². The Balaban J connectivity index is 2.41. The first kappa shape index (κ1) is 16.9. The summed E-state index contributed by atoms with van der Waals surface area (Å²) in [5, 5.41) is 0. The third-order valence-electron chi connectivity index (χ3n) is 3.28. The summed E-state index contributed by atoms with van der Waals surface area (Å²) in [6, 6.07) is 3.43. The summed E-state index contributed by atoms with van der Waals surface area (Å²) in [4.78, 5) is 16.2. The minimum Gasteiger partial charge on any atom is -0.496 e. The number of ether oxygens (including phenoxy) is 4. The maximum atomic E-state index is 11.9. The number of methoxy groups -OCH3 is 3. The molecule has 2 rings (SSSR count). The van der Waals surface area contributed by atoms with Crippen LogP contribution in [0.4, 0.5) is 0 Å². The smallest absolute Gasteiger partial charge is 0.363 e. The molecule has 6 nitrogen and oxygen atoms in total. The summed E-state index contributed by atoms with van der Waals surface area (Å²) in [6.45, 7) is 4.07. The number of cyclic esters (lactones) is 1. The first-order valence-corrected chi connectivity index (χ1v) is 7.30. The van der Waals surface area contributed by atoms with Crippen molar-refractivity contribution < 1.29 is 23.7 Å². The lowest BCUT2D eigenvalue weighted by molar-refractivity contribution is -0.130. The molecule has 1 aromatic rings. The van der Waals surface area contributed by atoms with Gasteiger partial charge in [-0.15, -0.1) is 0 Å². The molecular weight excluding hydrogens is 298 g/mol. The highest BCUT2D eigenvalue weighted by atomic mass is 16.6. The van der Waals surface area contributed by atoms with Gasteiger partial charge in [-0.05, 0) is 18.1 Å². The van der Waals surface area contributed by atoms with Crippen molar-refractivity contribution in [3.63, 3.8) is 0 Å². The van der Waals surface area contributed by atoms with E-state index in [1.807, 2.05) is 13.8 Å². The molecular formula is C17H21NO5. The second-order valence-corrected chi connectivity index (χ2v) is 5.47. The lowest BCUT2D eigenvalue weighted by atomic mass is 10.1. The molecule has 124 valence electrons. The van der Waals surface area contributed by atoms with Crippen LogP contribution in [-0.2, 0) is 9.53 Å². The lowest BCUT2D eigenvalue weighted by Crippen LogP contribution is -2.06. The van der Waals surface area contributed by atoms with E-state index in [1.165, 1.54) is 0 Å². The summed E-state index contributed by atoms with van der Waals surface area (Å²) in [5.74, 6) is 1.97. The molecule has 0 amide bonds. The predicted molar refractivity (Wildman–Crippen MR) is 87.1 cm³/mol. The zero-order valence-electron chi connectivity index (χ0n) is 14.0. The first-order valence-electron chi connectivity index (χ1n) is 7.30. The van der Waals surface area contributed by atoms with E-state index in [0.717, 1.165) is 0 Å². The van der Waals surface area contributed by atoms with E-state index in [4.69, 9.17) is 18.9 Å². The molecule has 1 aliphatic heterocycles. The van der Waals surface area contributed by atoms with Crippen LogP contribution in [0.1, 0.15) is 25.8 Å². The Morgan fingerprint density at radius 2 is 1.70 bits per heavy atom. The number of nitrogens with zero attached hydrogens (tertiary/aromatic N) is 1. The minimum atomic E-state index is -0.461. The quantitative estimate of drug-likeness (QED) is 0.595. The standard InChI is InChI=1S/C17H21NO5/c1-10(2)6-16-18-12(17(19)23-16)7-11-8-14(21-4)15(22-5)9-13(11)20-3/h7-10H,6H2,1-5H3/b12-7+. The highest BCUT2D eigenvalue weighted by Gasteiger charge is 2.24. The molecule has 0 unspecified atom stereocenters. The third-order valence-corrected chi connectivity index (χ3v) is 3.28. The third kappa shape index (κ3) is 3.83. The fourth-order valence-corrected chi connectivity index (χ4v) is 2.20. The van der Waals surface area contributed by atoms with E-state index >= 15 is 0 Å². The second kappa shape index (κ2) is 7.17. The summed E-state index contributed by atoms with van der Waals surface area (Å²) >= 11 is 0. The maximum Gasteiger partial charge on any atom is 0.363 e. The highest BCUT2D eigenvalue weighted by Crippen LogP contribution is 2.36. The van der Waals surface area contributed by atoms with Crippen LogP contribution in [0.5, 0.6) is 17.2 Å². The number of hydrogen-bond acceptors (Lipinski definition) is 6. The van der Waals surface area contributed by atoms with E-state index in [0.29, 0.717) is 41.0 Å². The van der Waals surface area contributed by atoms with E-state index in [9.17, 15) is 4.79 Å². The predicted octanol–water partition coefficient (Wildman–Crippen LogP) is 3.05. The number of rotatable bonds is 6. The molecule has 23 heavy (non-hydrogen) atoms. The van der Waals surface area contributed by atoms with Gasteiger partial charge < -0.3 is 18.9 Å². The number of esters is 1. The van der Waals surface area contributed by atoms with E-state index < -0.39 is 5.97 Å². The van der Waals surface area contributed by atoms with Crippen molar-refractivity contribution in [3.05, 3.63) is 23.4 Å². The fourth-order valence-electron chi connectivity index (χ4n) is 2.20. The van der Waals surface area contributed by atoms with Gasteiger partial charge in [-0.3, -0.25) is 0 Å². The average molecular weight is 319 g/mol. The van der Waals surface area contributed by atoms with Crippen molar-refractivity contribution in [2.45, 2.75) is 20.3 Å². The van der Waals surface area contributed by atoms with Crippen molar-refractivity contribution in [2.24, 2.45) is 10.9 Å². The van der Waals surface area contributed by atoms with Crippen molar-refractivity contribution in [2.75, 3.05) is 21.3 Å². The number of benzene rings is 1. The van der Waals surface area contributed by atoms with Gasteiger partial charge in [0.1, 0.15) is 5.75 Å². The van der Waals surface area contributed by atoms with Gasteiger partial charge in [-0.2, -0.15) is 0 Å². The summed E-state index contributed by atoms with van der Waals surface area (Å²) in [6.07, 6.45) is 2.24. The summed E-state index contributed by atoms with van der Waals surface area (Å²) in [5.41, 5.74) is 0.901. The van der Waals surface area contributed by atoms with Crippen LogP contribution in [0.25, 0.3) is 6.08 Å². The number of carbonyl (C=O) groups is 1. The average Bonchev–Trinajstić information content (AvgIpc) is 2.85. The van der Waals surface area contributed by atoms with Gasteiger partial charge in [0, 0.05) is 18.1 Å². The zero-order valence-corrected chi connectivity index (χ0v) is 14.0. The molecule has 1 heterocycles. The van der Waals surface area contributed by atoms with Crippen molar-refractivity contribution in [1.29, 1.82) is 0 Å². The molecule has 1 aromatic carbocycles. The Kier molecular flexibility index (Phi) is 5.26. The SMILES string of the molecule is COc1cc(OC)c(OC)cc1/C=C1/N=C(CC(C)C)OC1=O. The van der Waals surface area contributed by atoms with Gasteiger partial charge in [-0.25, -0.2) is 9.79 Å². The Morgan fingerprint density at radius 3 is 2.26 bits per heavy atom. The van der Waals surface area contributed by atoms with Gasteiger partial charge in [-0.1, -0.05) is 13.8 Å². The maximum absolute atomic E-state index is 11.9. The van der Waals surface area contributed by atoms with Gasteiger partial charge in [0.15, 0.2) is 23.1 Å². The molecule has 0 fully saturated rings. The van der Waals surface area contributed by atoms with Crippen LogP contribution in [-0.4, -0.2) is 33.2 Å². The Bertz CT molecular complexity index is 661. The second-order valence-electron chi connectivity index (χ2n) is 5.47. The normalized spacial score (nSPS) is 15.7. The van der Waals surface area contributed by atoms with Gasteiger partial charge >= 0.3 is 5.97 Å². The monoisotopic (exact) mass is 319 g/mol. The van der Waals surface area contributed by atoms with Crippen LogP contribution >= 0.6 is 0 Å². The van der Waals surface area contributed by atoms with Crippen LogP contribution in [0.15, 0.2) is 22.8 Å². The van der Waals surface area contributed by atoms with Crippen LogP contribution < -0.4 is 14.2 Å². The van der Waals surface area contributed by atoms with Gasteiger partial charge in [0.2, 0.25) is 0 Å². The molecule has 1 aliphatic rings. The van der Waals surface area contributed by atoms with E-state index in [1.54, 1.807) is 39.5 Å². The highest BCUT2D eigenvalue weighted by molar-refractivity contribution is 6.07. The molecule has 0 aromatic heterocycles. The molecule has 0 atom stereocenters. The minimum absolute atomic E-state index is 0.242.